The molecule has 30 heavy (non-hydrogen) atoms. The molecular weight excluding hydrogens is 400 g/mol. The highest BCUT2D eigenvalue weighted by Gasteiger charge is 2.41. The number of hydrogen-bond acceptors (Lipinski definition) is 7. The van der Waals surface area contributed by atoms with Gasteiger partial charge in [-0.15, -0.1) is 11.3 Å². The van der Waals surface area contributed by atoms with E-state index in [0.29, 0.717) is 12.4 Å². The largest absolute Gasteiger partial charge is 0.444 e. The second-order valence-corrected chi connectivity index (χ2v) is 9.71. The second-order valence-electron chi connectivity index (χ2n) is 8.86. The molecule has 160 valence electrons. The van der Waals surface area contributed by atoms with Gasteiger partial charge in [-0.25, -0.2) is 25.1 Å². The highest BCUT2D eigenvalue weighted by atomic mass is 32.1. The molecule has 0 aliphatic carbocycles. The van der Waals surface area contributed by atoms with Crippen molar-refractivity contribution in [3.63, 3.8) is 0 Å². The number of aryl methyl sites for hydroxylation is 1. The molecule has 0 saturated carbocycles. The summed E-state index contributed by atoms with van der Waals surface area (Å²) in [6, 6.07) is 8.04. The molecule has 1 fully saturated rings. The minimum absolute atomic E-state index is 0.166. The minimum Gasteiger partial charge on any atom is -0.444 e. The fourth-order valence-electron chi connectivity index (χ4n) is 3.79. The Balaban J connectivity index is 1.53. The third kappa shape index (κ3) is 4.06. The number of benzene rings is 1. The van der Waals surface area contributed by atoms with E-state index in [9.17, 15) is 4.79 Å². The van der Waals surface area contributed by atoms with Gasteiger partial charge in [0.05, 0.1) is 22.1 Å². The smallest absolute Gasteiger partial charge is 0.410 e. The monoisotopic (exact) mass is 428 g/mol. The topological polar surface area (TPSA) is 76.1 Å². The van der Waals surface area contributed by atoms with Crippen molar-refractivity contribution in [3.8, 4) is 10.4 Å². The quantitative estimate of drug-likeness (QED) is 0.772. The molecule has 2 aromatic rings. The molecule has 8 heteroatoms. The van der Waals surface area contributed by atoms with Crippen molar-refractivity contribution in [3.05, 3.63) is 41.0 Å². The summed E-state index contributed by atoms with van der Waals surface area (Å²) in [6.07, 6.45) is 1.42. The Morgan fingerprint density at radius 1 is 1.33 bits per heavy atom. The maximum Gasteiger partial charge on any atom is 0.410 e. The average molecular weight is 429 g/mol. The lowest BCUT2D eigenvalue weighted by Gasteiger charge is -2.28. The van der Waals surface area contributed by atoms with Crippen molar-refractivity contribution in [2.75, 3.05) is 6.54 Å². The van der Waals surface area contributed by atoms with Crippen LogP contribution in [0.2, 0.25) is 0 Å². The van der Waals surface area contributed by atoms with Crippen molar-refractivity contribution in [2.24, 2.45) is 4.99 Å². The molecule has 1 aromatic carbocycles. The molecule has 1 N–H and O–H groups in total. The number of hydroxylamine groups is 1. The van der Waals surface area contributed by atoms with E-state index in [1.165, 1.54) is 4.88 Å². The van der Waals surface area contributed by atoms with Gasteiger partial charge in [-0.05, 0) is 53.0 Å². The lowest BCUT2D eigenvalue weighted by atomic mass is 10.0. The van der Waals surface area contributed by atoms with E-state index in [0.717, 1.165) is 29.7 Å². The summed E-state index contributed by atoms with van der Waals surface area (Å²) < 4.78 is 5.57. The van der Waals surface area contributed by atoms with Crippen molar-refractivity contribution in [1.29, 1.82) is 0 Å². The molecule has 1 amide bonds. The van der Waals surface area contributed by atoms with E-state index in [4.69, 9.17) is 14.6 Å². The average Bonchev–Trinajstić information content (AvgIpc) is 3.40. The predicted molar refractivity (Wildman–Crippen MR) is 117 cm³/mol. The number of ether oxygens (including phenoxy) is 1. The summed E-state index contributed by atoms with van der Waals surface area (Å²) >= 11 is 1.63. The van der Waals surface area contributed by atoms with E-state index >= 15 is 0 Å². The van der Waals surface area contributed by atoms with Crippen molar-refractivity contribution >= 4 is 23.3 Å². The number of likely N-dealkylation sites (tertiary alicyclic amines) is 1. The zero-order valence-corrected chi connectivity index (χ0v) is 18.9. The van der Waals surface area contributed by atoms with Gasteiger partial charge in [-0.1, -0.05) is 24.3 Å². The fraction of sp³-hybridized carbons (Fsp3) is 0.500. The standard InChI is InChI=1S/C22H28N4O3S/c1-14-18(30-13-23-14)15-8-10-16(11-9-15)22(5)24-19(25-29-22)17-7-6-12-26(17)20(27)28-21(2,3)4/h8-11,13,17H,6-7,12H2,1-5H3,(H,24,25). The number of hydrogen-bond donors (Lipinski definition) is 1. The number of nitrogens with one attached hydrogen (secondary N) is 1. The molecule has 1 saturated heterocycles. The predicted octanol–water partition coefficient (Wildman–Crippen LogP) is 4.62. The van der Waals surface area contributed by atoms with Crippen molar-refractivity contribution < 1.29 is 14.4 Å². The van der Waals surface area contributed by atoms with Crippen LogP contribution in [0.5, 0.6) is 0 Å². The summed E-state index contributed by atoms with van der Waals surface area (Å²) in [5.41, 5.74) is 6.56. The first-order valence-corrected chi connectivity index (χ1v) is 11.1. The van der Waals surface area contributed by atoms with Gasteiger partial charge in [-0.3, -0.25) is 4.90 Å². The minimum atomic E-state index is -0.848. The molecule has 0 bridgehead atoms. The Bertz CT molecular complexity index is 964. The first kappa shape index (κ1) is 20.8. The maximum atomic E-state index is 12.6. The lowest BCUT2D eigenvalue weighted by Crippen LogP contribution is -2.46. The Hall–Kier alpha value is -2.45. The maximum absolute atomic E-state index is 12.6. The van der Waals surface area contributed by atoms with Gasteiger partial charge in [-0.2, -0.15) is 0 Å². The van der Waals surface area contributed by atoms with E-state index in [-0.39, 0.29) is 12.1 Å². The molecule has 2 aliphatic heterocycles. The zero-order valence-electron chi connectivity index (χ0n) is 18.1. The lowest BCUT2D eigenvalue weighted by molar-refractivity contribution is -0.0462. The molecule has 2 unspecified atom stereocenters. The third-order valence-corrected chi connectivity index (χ3v) is 6.29. The van der Waals surface area contributed by atoms with Crippen LogP contribution in [0, 0.1) is 6.92 Å². The number of nitrogens with zero attached hydrogens (tertiary/aromatic N) is 3. The van der Waals surface area contributed by atoms with Crippen LogP contribution in [0.25, 0.3) is 10.4 Å². The van der Waals surface area contributed by atoms with Gasteiger partial charge in [0.2, 0.25) is 5.72 Å². The first-order valence-electron chi connectivity index (χ1n) is 10.2. The highest BCUT2D eigenvalue weighted by molar-refractivity contribution is 7.13. The van der Waals surface area contributed by atoms with Gasteiger partial charge in [0.1, 0.15) is 11.4 Å². The summed E-state index contributed by atoms with van der Waals surface area (Å²) in [4.78, 5) is 30.6. The van der Waals surface area contributed by atoms with Crippen LogP contribution in [-0.4, -0.2) is 40.0 Å². The van der Waals surface area contributed by atoms with E-state index < -0.39 is 11.3 Å². The Morgan fingerprint density at radius 3 is 2.70 bits per heavy atom. The number of aromatic nitrogens is 1. The van der Waals surface area contributed by atoms with Crippen LogP contribution in [0.15, 0.2) is 34.8 Å². The molecule has 1 aromatic heterocycles. The molecule has 2 aliphatic rings. The number of aliphatic imine (C=N–C) groups is 1. The van der Waals surface area contributed by atoms with Gasteiger partial charge >= 0.3 is 6.09 Å². The SMILES string of the molecule is Cc1ncsc1-c1ccc(C2(C)N=C(C3CCCN3C(=O)OC(C)(C)C)NO2)cc1. The molecular formula is C22H28N4O3S. The number of carbonyl (C=O) groups is 1. The zero-order chi connectivity index (χ0) is 21.5. The van der Waals surface area contributed by atoms with Crippen LogP contribution in [0.4, 0.5) is 4.79 Å². The molecule has 4 rings (SSSR count). The summed E-state index contributed by atoms with van der Waals surface area (Å²) in [6.45, 7) is 10.2. The van der Waals surface area contributed by atoms with E-state index in [1.807, 2.05) is 52.3 Å². The number of thiazole rings is 1. The Kier molecular flexibility index (Phi) is 5.32. The van der Waals surface area contributed by atoms with E-state index in [2.05, 4.69) is 22.6 Å². The third-order valence-electron chi connectivity index (χ3n) is 5.31. The summed E-state index contributed by atoms with van der Waals surface area (Å²) in [5, 5.41) is 0. The number of amides is 1. The normalized spacial score (nSPS) is 24.0. The molecule has 7 nitrogen and oxygen atoms in total. The molecule has 0 radical (unpaired) electrons. The number of amidine groups is 1. The summed E-state index contributed by atoms with van der Waals surface area (Å²) in [7, 11) is 0. The molecule has 2 atom stereocenters. The van der Waals surface area contributed by atoms with Gasteiger partial charge in [0.25, 0.3) is 0 Å². The fourth-order valence-corrected chi connectivity index (χ4v) is 4.60. The molecule has 3 heterocycles. The van der Waals surface area contributed by atoms with Crippen LogP contribution in [0.3, 0.4) is 0 Å². The Morgan fingerprint density at radius 2 is 2.07 bits per heavy atom. The number of rotatable bonds is 3. The van der Waals surface area contributed by atoms with Crippen LogP contribution in [-0.2, 0) is 15.3 Å². The van der Waals surface area contributed by atoms with Gasteiger partial charge < -0.3 is 4.74 Å². The highest BCUT2D eigenvalue weighted by Crippen LogP contribution is 2.34. The van der Waals surface area contributed by atoms with Crippen LogP contribution in [0.1, 0.15) is 51.8 Å². The van der Waals surface area contributed by atoms with E-state index in [1.54, 1.807) is 16.2 Å². The summed E-state index contributed by atoms with van der Waals surface area (Å²) in [5.74, 6) is 0.670. The van der Waals surface area contributed by atoms with Crippen LogP contribution >= 0.6 is 11.3 Å². The molecule has 0 spiro atoms. The van der Waals surface area contributed by atoms with Crippen LogP contribution < -0.4 is 5.48 Å². The van der Waals surface area contributed by atoms with Crippen molar-refractivity contribution in [2.45, 2.75) is 64.8 Å². The second kappa shape index (κ2) is 7.67. The first-order chi connectivity index (χ1) is 14.2. The van der Waals surface area contributed by atoms with Crippen molar-refractivity contribution in [1.82, 2.24) is 15.4 Å². The van der Waals surface area contributed by atoms with Gasteiger partial charge in [0, 0.05) is 12.1 Å². The van der Waals surface area contributed by atoms with Gasteiger partial charge in [0.15, 0.2) is 0 Å². The Labute approximate surface area is 181 Å². The number of carbonyl (C=O) groups excluding carboxylic acids is 1.